The van der Waals surface area contributed by atoms with Gasteiger partial charge in [0.25, 0.3) is 0 Å². The van der Waals surface area contributed by atoms with Crippen LogP contribution in [0.2, 0.25) is 0 Å². The number of unbranched alkanes of at least 4 members (excludes halogenated alkanes) is 26. The first kappa shape index (κ1) is 71.7. The minimum Gasteiger partial charge on any atom is -0.456 e. The van der Waals surface area contributed by atoms with Gasteiger partial charge in [-0.05, 0) is 83.1 Å². The Hall–Kier alpha value is -3.33. The van der Waals surface area contributed by atoms with E-state index in [1.165, 1.54) is 122 Å². The Bertz CT molecular complexity index is 1650. The Morgan fingerprint density at radius 3 is 1.43 bits per heavy atom. The second-order valence-corrected chi connectivity index (χ2v) is 22.7. The number of phosphoric ester groups is 1. The smallest absolute Gasteiger partial charge is 0.456 e. The number of hydrogen-bond acceptors (Lipinski definition) is 6. The van der Waals surface area contributed by atoms with Crippen molar-refractivity contribution in [2.45, 2.75) is 251 Å². The van der Waals surface area contributed by atoms with Crippen LogP contribution in [0.25, 0.3) is 0 Å². The van der Waals surface area contributed by atoms with E-state index in [0.29, 0.717) is 23.9 Å². The third-order valence-electron chi connectivity index (χ3n) is 12.9. The topological polar surface area (TPSA) is 111 Å². The van der Waals surface area contributed by atoms with Crippen LogP contribution in [-0.2, 0) is 27.9 Å². The van der Waals surface area contributed by atoms with Gasteiger partial charge < -0.3 is 19.4 Å². The zero-order valence-corrected chi connectivity index (χ0v) is 49.9. The first-order chi connectivity index (χ1) is 36.4. The maximum atomic E-state index is 13.5. The number of esters is 1. The van der Waals surface area contributed by atoms with Gasteiger partial charge in [-0.25, -0.2) is 4.57 Å². The molecule has 0 saturated carbocycles. The van der Waals surface area contributed by atoms with Crippen LogP contribution in [0.1, 0.15) is 239 Å². The molecule has 2 N–H and O–H groups in total. The minimum atomic E-state index is -4.46. The van der Waals surface area contributed by atoms with Crippen molar-refractivity contribution < 1.29 is 37.3 Å². The summed E-state index contributed by atoms with van der Waals surface area (Å²) in [6, 6.07) is -0.874. The average molecular weight is 1070 g/mol. The number of nitrogens with zero attached hydrogens (tertiary/aromatic N) is 1. The molecule has 0 heterocycles. The first-order valence-corrected chi connectivity index (χ1v) is 31.8. The molecule has 0 aromatic rings. The van der Waals surface area contributed by atoms with E-state index >= 15 is 0 Å². The van der Waals surface area contributed by atoms with Gasteiger partial charge in [0, 0.05) is 12.8 Å². The zero-order valence-electron chi connectivity index (χ0n) is 49.0. The van der Waals surface area contributed by atoms with Crippen LogP contribution < -0.4 is 5.32 Å². The highest BCUT2D eigenvalue weighted by molar-refractivity contribution is 7.47. The first-order valence-electron chi connectivity index (χ1n) is 30.3. The van der Waals surface area contributed by atoms with Crippen LogP contribution in [0.3, 0.4) is 0 Å². The van der Waals surface area contributed by atoms with Gasteiger partial charge in [-0.15, -0.1) is 0 Å². The molecule has 0 rings (SSSR count). The quantitative estimate of drug-likeness (QED) is 0.0156. The fourth-order valence-electron chi connectivity index (χ4n) is 8.18. The molecule has 0 saturated heterocycles. The third kappa shape index (κ3) is 55.2. The van der Waals surface area contributed by atoms with Crippen molar-refractivity contribution in [2.24, 2.45) is 0 Å². The van der Waals surface area contributed by atoms with Crippen LogP contribution in [0.4, 0.5) is 0 Å². The van der Waals surface area contributed by atoms with Gasteiger partial charge in [0.05, 0.1) is 33.8 Å². The summed E-state index contributed by atoms with van der Waals surface area (Å²) in [5.74, 6) is -0.564. The van der Waals surface area contributed by atoms with Crippen molar-refractivity contribution >= 4 is 19.7 Å². The van der Waals surface area contributed by atoms with Crippen LogP contribution in [0.15, 0.2) is 109 Å². The summed E-state index contributed by atoms with van der Waals surface area (Å²) in [7, 11) is 1.45. The summed E-state index contributed by atoms with van der Waals surface area (Å²) < 4.78 is 30.6. The van der Waals surface area contributed by atoms with Gasteiger partial charge in [0.15, 0.2) is 0 Å². The largest absolute Gasteiger partial charge is 0.472 e. The van der Waals surface area contributed by atoms with E-state index in [-0.39, 0.29) is 31.5 Å². The number of likely N-dealkylation sites (N-methyl/N-ethyl adjacent to an activating group) is 1. The molecule has 0 radical (unpaired) electrons. The summed E-state index contributed by atoms with van der Waals surface area (Å²) in [6.45, 7) is 6.79. The number of rotatable bonds is 53. The van der Waals surface area contributed by atoms with Crippen LogP contribution in [0.5, 0.6) is 0 Å². The van der Waals surface area contributed by atoms with Crippen LogP contribution in [0, 0.1) is 0 Å². The van der Waals surface area contributed by atoms with Crippen molar-refractivity contribution in [1.82, 2.24) is 5.32 Å². The highest BCUT2D eigenvalue weighted by Crippen LogP contribution is 2.43. The van der Waals surface area contributed by atoms with E-state index < -0.39 is 20.0 Å². The van der Waals surface area contributed by atoms with E-state index in [0.717, 1.165) is 77.0 Å². The monoisotopic (exact) mass is 1070 g/mol. The molecule has 3 unspecified atom stereocenters. The van der Waals surface area contributed by atoms with Crippen molar-refractivity contribution in [3.63, 3.8) is 0 Å². The van der Waals surface area contributed by atoms with Gasteiger partial charge in [-0.1, -0.05) is 252 Å². The number of phosphoric acid groups is 1. The van der Waals surface area contributed by atoms with Crippen molar-refractivity contribution in [3.8, 4) is 0 Å². The third-order valence-corrected chi connectivity index (χ3v) is 13.8. The molecule has 75 heavy (non-hydrogen) atoms. The summed E-state index contributed by atoms with van der Waals surface area (Å²) in [6.07, 6.45) is 73.7. The highest BCUT2D eigenvalue weighted by Gasteiger charge is 2.30. The SMILES string of the molecule is CC\C=C/C=C/C=C/C=C\C=C\C=C\CCCCCC(=O)OC(/C=C\CCCCCCCCCCC)C(COP(=O)(O)OCC[N+](C)(C)C)NC(=O)CCCCCCCCCCCCC/C=C\C/C=C\CCCCC. The number of hydrogen-bond donors (Lipinski definition) is 2. The molecule has 0 aliphatic carbocycles. The van der Waals surface area contributed by atoms with Gasteiger partial charge in [-0.2, -0.15) is 0 Å². The second-order valence-electron chi connectivity index (χ2n) is 21.3. The lowest BCUT2D eigenvalue weighted by atomic mass is 10.0. The molecule has 9 nitrogen and oxygen atoms in total. The number of allylic oxidation sites excluding steroid dienone is 17. The molecule has 0 aliphatic heterocycles. The van der Waals surface area contributed by atoms with Gasteiger partial charge in [0.2, 0.25) is 5.91 Å². The number of carbonyl (C=O) groups excluding carboxylic acids is 2. The zero-order chi connectivity index (χ0) is 55.0. The van der Waals surface area contributed by atoms with E-state index in [9.17, 15) is 19.0 Å². The average Bonchev–Trinajstić information content (AvgIpc) is 3.37. The molecule has 3 atom stereocenters. The lowest BCUT2D eigenvalue weighted by molar-refractivity contribution is -0.870. The predicted octanol–water partition coefficient (Wildman–Crippen LogP) is 18.6. The maximum absolute atomic E-state index is 13.5. The molecule has 0 aromatic heterocycles. The Labute approximate surface area is 461 Å². The molecule has 10 heteroatoms. The van der Waals surface area contributed by atoms with Crippen molar-refractivity contribution in [1.29, 1.82) is 0 Å². The normalized spacial score (nSPS) is 14.5. The highest BCUT2D eigenvalue weighted by atomic mass is 31.2. The molecular formula is C65H114N2O7P+. The summed E-state index contributed by atoms with van der Waals surface area (Å²) >= 11 is 0. The molecular weight excluding hydrogens is 952 g/mol. The Morgan fingerprint density at radius 2 is 0.907 bits per heavy atom. The van der Waals surface area contributed by atoms with E-state index in [1.807, 2.05) is 94.1 Å². The van der Waals surface area contributed by atoms with Crippen molar-refractivity contribution in [3.05, 3.63) is 109 Å². The number of carbonyl (C=O) groups is 2. The molecule has 1 amide bonds. The minimum absolute atomic E-state index is 0.0267. The lowest BCUT2D eigenvalue weighted by Crippen LogP contribution is -2.47. The summed E-state index contributed by atoms with van der Waals surface area (Å²) in [4.78, 5) is 37.6. The Balaban J connectivity index is 5.30. The second kappa shape index (κ2) is 54.0. The fraction of sp³-hybridized carbons (Fsp3) is 0.692. The maximum Gasteiger partial charge on any atom is 0.472 e. The number of quaternary nitrogens is 1. The summed E-state index contributed by atoms with van der Waals surface area (Å²) in [5.41, 5.74) is 0. The van der Waals surface area contributed by atoms with Crippen LogP contribution in [-0.4, -0.2) is 74.3 Å². The van der Waals surface area contributed by atoms with Crippen LogP contribution >= 0.6 is 7.82 Å². The van der Waals surface area contributed by atoms with E-state index in [1.54, 1.807) is 0 Å². The predicted molar refractivity (Wildman–Crippen MR) is 323 cm³/mol. The molecule has 430 valence electrons. The molecule has 0 bridgehead atoms. The number of amides is 1. The number of nitrogens with one attached hydrogen (secondary N) is 1. The fourth-order valence-corrected chi connectivity index (χ4v) is 8.91. The number of ether oxygens (including phenoxy) is 1. The molecule has 0 spiro atoms. The van der Waals surface area contributed by atoms with E-state index in [4.69, 9.17) is 13.8 Å². The van der Waals surface area contributed by atoms with Gasteiger partial charge in [-0.3, -0.25) is 18.6 Å². The Morgan fingerprint density at radius 1 is 0.493 bits per heavy atom. The lowest BCUT2D eigenvalue weighted by Gasteiger charge is -2.27. The van der Waals surface area contributed by atoms with Gasteiger partial charge >= 0.3 is 13.8 Å². The van der Waals surface area contributed by atoms with E-state index in [2.05, 4.69) is 62.5 Å². The Kier molecular flexibility index (Phi) is 51.6. The summed E-state index contributed by atoms with van der Waals surface area (Å²) in [5, 5.41) is 3.04. The molecule has 0 aromatic carbocycles. The molecule has 0 aliphatic rings. The molecule has 0 fully saturated rings. The van der Waals surface area contributed by atoms with Crippen molar-refractivity contribution in [2.75, 3.05) is 40.9 Å². The van der Waals surface area contributed by atoms with Gasteiger partial charge in [0.1, 0.15) is 19.3 Å². The standard InChI is InChI=1S/C65H113N2O7P/c1-7-10-13-16-19-22-25-27-29-31-32-33-34-36-37-39-42-45-48-51-54-57-64(68)66-62(61-73-75(70,71)72-60-59-67(4,5)6)63(56-53-50-47-44-41-24-21-18-15-12-9-3)74-65(69)58-55-52-49-46-43-40-38-35-30-28-26-23-20-17-14-11-8-2/h11,14,17,19-20,22-23,26-30,35,38,40,43,53,56,62-63H,7-10,12-13,15-16,18,21,24-25,31-34,36-37,39,41-42,44-52,54-55,57-61H2,1-6H3,(H-,66,68,70,71)/p+1/b14-11-,20-17+,22-19-,26-23+,29-27-,30-28-,38-35+,43-40+,56-53-.